The van der Waals surface area contributed by atoms with E-state index < -0.39 is 36.9 Å². The quantitative estimate of drug-likeness (QED) is 0.365. The van der Waals surface area contributed by atoms with Gasteiger partial charge in [-0.05, 0) is 28.6 Å². The van der Waals surface area contributed by atoms with Crippen LogP contribution in [0.3, 0.4) is 0 Å². The molecule has 1 heterocycles. The molecule has 12 nitrogen and oxygen atoms in total. The number of nitrogens with zero attached hydrogens (tertiary/aromatic N) is 2. The number of hydrogen-bond acceptors (Lipinski definition) is 11. The number of aromatic nitrogens is 2. The van der Waals surface area contributed by atoms with Gasteiger partial charge in [-0.1, -0.05) is 0 Å². The van der Waals surface area contributed by atoms with Crippen LogP contribution < -0.4 is 19.7 Å². The highest BCUT2D eigenvalue weighted by molar-refractivity contribution is 7.91. The van der Waals surface area contributed by atoms with Crippen LogP contribution in [0.5, 0.6) is 11.5 Å². The Balaban J connectivity index is 1.99. The second-order valence-corrected chi connectivity index (χ2v) is 10.9. The summed E-state index contributed by atoms with van der Waals surface area (Å²) >= 11 is 0. The van der Waals surface area contributed by atoms with E-state index in [-0.39, 0.29) is 22.8 Å². The lowest BCUT2D eigenvalue weighted by Gasteiger charge is -2.15. The molecule has 0 fully saturated rings. The zero-order chi connectivity index (χ0) is 27.6. The minimum atomic E-state index is -5.44. The second kappa shape index (κ2) is 10.3. The summed E-state index contributed by atoms with van der Waals surface area (Å²) in [6.07, 6.45) is -3.33. The van der Waals surface area contributed by atoms with Gasteiger partial charge in [-0.2, -0.15) is 13.2 Å². The standard InChI is InChI=1S/C20H19F3N4O8S2/c1-33-12-7-14-17(15(8-12)34-2)18(26-10-25-14)24-9-11-6-13(4-5-16(11)36(3,29)30)37(31,32)27-35-19(28)20(21,22)23/h4-8,10,27H,9H2,1-3H3,(H,24,25,26). The molecule has 0 aliphatic carbocycles. The van der Waals surface area contributed by atoms with Crippen molar-refractivity contribution in [3.8, 4) is 11.5 Å². The lowest BCUT2D eigenvalue weighted by molar-refractivity contribution is -0.203. The number of carbonyl (C=O) groups is 1. The number of fused-ring (bicyclic) bond motifs is 1. The number of carbonyl (C=O) groups excluding carboxylic acids is 1. The SMILES string of the molecule is COc1cc(OC)c2c(NCc3cc(S(=O)(=O)NOC(=O)C(F)(F)F)ccc3S(C)(=O)=O)ncnc2c1. The fourth-order valence-electron chi connectivity index (χ4n) is 3.14. The molecule has 3 rings (SSSR count). The third-order valence-corrected chi connectivity index (χ3v) is 7.17. The number of alkyl halides is 3. The second-order valence-electron chi connectivity index (χ2n) is 7.32. The van der Waals surface area contributed by atoms with Gasteiger partial charge in [-0.25, -0.2) is 31.6 Å². The molecule has 200 valence electrons. The van der Waals surface area contributed by atoms with Gasteiger partial charge < -0.3 is 19.6 Å². The molecular weight excluding hydrogens is 545 g/mol. The summed E-state index contributed by atoms with van der Waals surface area (Å²) in [6.45, 7) is -0.296. The van der Waals surface area contributed by atoms with E-state index in [0.717, 1.165) is 29.3 Å². The van der Waals surface area contributed by atoms with Crippen molar-refractivity contribution >= 4 is 42.6 Å². The number of hydrogen-bond donors (Lipinski definition) is 2. The first-order valence-electron chi connectivity index (χ1n) is 9.90. The molecule has 1 aromatic heterocycles. The van der Waals surface area contributed by atoms with Crippen molar-refractivity contribution in [2.45, 2.75) is 22.5 Å². The van der Waals surface area contributed by atoms with Gasteiger partial charge in [0.2, 0.25) is 0 Å². The van der Waals surface area contributed by atoms with Crippen LogP contribution in [0.4, 0.5) is 19.0 Å². The molecular formula is C20H19F3N4O8S2. The van der Waals surface area contributed by atoms with Gasteiger partial charge in [0.05, 0.1) is 34.9 Å². The van der Waals surface area contributed by atoms with Crippen molar-refractivity contribution in [1.82, 2.24) is 14.9 Å². The maximum atomic E-state index is 12.4. The molecule has 37 heavy (non-hydrogen) atoms. The zero-order valence-corrected chi connectivity index (χ0v) is 20.9. The van der Waals surface area contributed by atoms with E-state index in [2.05, 4.69) is 20.1 Å². The molecule has 0 saturated carbocycles. The number of sulfonamides is 1. The van der Waals surface area contributed by atoms with Crippen molar-refractivity contribution in [2.75, 3.05) is 25.8 Å². The molecule has 2 aromatic carbocycles. The van der Waals surface area contributed by atoms with Gasteiger partial charge in [-0.3, -0.25) is 0 Å². The fraction of sp³-hybridized carbons (Fsp3) is 0.250. The normalized spacial score (nSPS) is 12.3. The Hall–Kier alpha value is -3.70. The fourth-order valence-corrected chi connectivity index (χ4v) is 4.89. The van der Waals surface area contributed by atoms with Crippen molar-refractivity contribution in [3.63, 3.8) is 0 Å². The maximum Gasteiger partial charge on any atom is 0.492 e. The first-order chi connectivity index (χ1) is 17.2. The number of methoxy groups -OCH3 is 2. The first-order valence-corrected chi connectivity index (χ1v) is 13.3. The minimum Gasteiger partial charge on any atom is -0.497 e. The average molecular weight is 565 g/mol. The molecule has 0 radical (unpaired) electrons. The van der Waals surface area contributed by atoms with E-state index in [9.17, 15) is 34.8 Å². The van der Waals surface area contributed by atoms with E-state index in [1.165, 1.54) is 20.5 Å². The Bertz CT molecular complexity index is 1560. The van der Waals surface area contributed by atoms with E-state index >= 15 is 0 Å². The molecule has 0 unspecified atom stereocenters. The van der Waals surface area contributed by atoms with Gasteiger partial charge in [0.25, 0.3) is 10.0 Å². The summed E-state index contributed by atoms with van der Waals surface area (Å²) in [5.41, 5.74) is 0.343. The first kappa shape index (κ1) is 27.9. The molecule has 0 aliphatic heterocycles. The van der Waals surface area contributed by atoms with Gasteiger partial charge in [0.1, 0.15) is 23.6 Å². The minimum absolute atomic E-state index is 0.0771. The molecule has 0 atom stereocenters. The number of benzene rings is 2. The van der Waals surface area contributed by atoms with Crippen LogP contribution in [0.15, 0.2) is 46.5 Å². The Kier molecular flexibility index (Phi) is 7.80. The Morgan fingerprint density at radius 1 is 1.03 bits per heavy atom. The summed E-state index contributed by atoms with van der Waals surface area (Å²) in [5.74, 6) is -1.81. The van der Waals surface area contributed by atoms with E-state index in [1.807, 2.05) is 0 Å². The topological polar surface area (TPSA) is 163 Å². The van der Waals surface area contributed by atoms with Crippen LogP contribution in [0, 0.1) is 0 Å². The Morgan fingerprint density at radius 2 is 1.73 bits per heavy atom. The van der Waals surface area contributed by atoms with Gasteiger partial charge >= 0.3 is 12.1 Å². The summed E-state index contributed by atoms with van der Waals surface area (Å²) < 4.78 is 96.9. The Morgan fingerprint density at radius 3 is 2.32 bits per heavy atom. The van der Waals surface area contributed by atoms with Crippen LogP contribution in [-0.2, 0) is 36.0 Å². The van der Waals surface area contributed by atoms with Crippen LogP contribution in [0.2, 0.25) is 0 Å². The number of anilines is 1. The lowest BCUT2D eigenvalue weighted by Crippen LogP contribution is -2.34. The zero-order valence-electron chi connectivity index (χ0n) is 19.3. The number of halogens is 3. The molecule has 0 spiro atoms. The highest BCUT2D eigenvalue weighted by Gasteiger charge is 2.42. The molecule has 0 aliphatic rings. The van der Waals surface area contributed by atoms with Crippen LogP contribution in [0.25, 0.3) is 10.9 Å². The van der Waals surface area contributed by atoms with Gasteiger partial charge in [0, 0.05) is 24.9 Å². The predicted molar refractivity (Wildman–Crippen MR) is 122 cm³/mol. The molecule has 2 N–H and O–H groups in total. The van der Waals surface area contributed by atoms with Crippen molar-refractivity contribution in [1.29, 1.82) is 0 Å². The van der Waals surface area contributed by atoms with E-state index in [1.54, 1.807) is 12.1 Å². The number of rotatable bonds is 9. The maximum absolute atomic E-state index is 12.4. The summed E-state index contributed by atoms with van der Waals surface area (Å²) in [7, 11) is -5.83. The summed E-state index contributed by atoms with van der Waals surface area (Å²) in [5, 5.41) is 3.30. The largest absolute Gasteiger partial charge is 0.497 e. The monoisotopic (exact) mass is 564 g/mol. The molecule has 0 saturated heterocycles. The van der Waals surface area contributed by atoms with Crippen molar-refractivity contribution in [2.24, 2.45) is 0 Å². The predicted octanol–water partition coefficient (Wildman–Crippen LogP) is 1.96. The summed E-state index contributed by atoms with van der Waals surface area (Å²) in [4.78, 5) is 22.9. The third kappa shape index (κ3) is 6.36. The third-order valence-electron chi connectivity index (χ3n) is 4.79. The summed E-state index contributed by atoms with van der Waals surface area (Å²) in [6, 6.07) is 5.86. The van der Waals surface area contributed by atoms with Crippen molar-refractivity contribution < 1.29 is 49.1 Å². The molecule has 3 aromatic rings. The van der Waals surface area contributed by atoms with Crippen molar-refractivity contribution in [3.05, 3.63) is 42.2 Å². The van der Waals surface area contributed by atoms with Crippen LogP contribution in [0.1, 0.15) is 5.56 Å². The molecule has 0 bridgehead atoms. The smallest absolute Gasteiger partial charge is 0.492 e. The van der Waals surface area contributed by atoms with Gasteiger partial charge in [0.15, 0.2) is 9.84 Å². The highest BCUT2D eigenvalue weighted by Crippen LogP contribution is 2.34. The lowest BCUT2D eigenvalue weighted by atomic mass is 10.2. The number of sulfone groups is 1. The van der Waals surface area contributed by atoms with Crippen LogP contribution >= 0.6 is 0 Å². The average Bonchev–Trinajstić information content (AvgIpc) is 2.83. The van der Waals surface area contributed by atoms with Crippen LogP contribution in [-0.4, -0.2) is 59.4 Å². The highest BCUT2D eigenvalue weighted by atomic mass is 32.2. The Labute approximate surface area is 208 Å². The number of nitrogens with one attached hydrogen (secondary N) is 2. The molecule has 0 amide bonds. The van der Waals surface area contributed by atoms with Gasteiger partial charge in [-0.15, -0.1) is 0 Å². The molecule has 17 heteroatoms. The number of ether oxygens (including phenoxy) is 2. The van der Waals surface area contributed by atoms with E-state index in [0.29, 0.717) is 22.4 Å². The van der Waals surface area contributed by atoms with E-state index in [4.69, 9.17) is 9.47 Å².